The molecule has 0 amide bonds. The number of aryl methyl sites for hydroxylation is 2. The number of aliphatic imine (C=N–C) groups is 1. The summed E-state index contributed by atoms with van der Waals surface area (Å²) in [6, 6.07) is 4.79. The molecule has 1 N–H and O–H groups in total. The van der Waals surface area contributed by atoms with E-state index in [1.165, 1.54) is 44.1 Å². The fourth-order valence-corrected chi connectivity index (χ4v) is 3.66. The monoisotopic (exact) mass is 329 g/mol. The molecule has 24 heavy (non-hydrogen) atoms. The number of phenols is 1. The minimum Gasteiger partial charge on any atom is -0.507 e. The normalized spacial score (nSPS) is 21.5. The summed E-state index contributed by atoms with van der Waals surface area (Å²) in [5.74, 6) is 1.12. The molecule has 0 bridgehead atoms. The SMILES string of the molecule is CCCCc1cc(C=NC2CCCCC2C)c(O)c(CCCC)c1. The van der Waals surface area contributed by atoms with Crippen LogP contribution in [0.4, 0.5) is 0 Å². The molecule has 1 saturated carbocycles. The van der Waals surface area contributed by atoms with Crippen LogP contribution in [-0.4, -0.2) is 17.4 Å². The van der Waals surface area contributed by atoms with Crippen LogP contribution in [0.25, 0.3) is 0 Å². The second kappa shape index (κ2) is 9.86. The zero-order valence-corrected chi connectivity index (χ0v) is 15.9. The van der Waals surface area contributed by atoms with Gasteiger partial charge in [0, 0.05) is 11.8 Å². The van der Waals surface area contributed by atoms with Crippen molar-refractivity contribution in [2.45, 2.75) is 91.0 Å². The van der Waals surface area contributed by atoms with Gasteiger partial charge in [-0.2, -0.15) is 0 Å². The third-order valence-electron chi connectivity index (χ3n) is 5.37. The first kappa shape index (κ1) is 19.0. The highest BCUT2D eigenvalue weighted by Gasteiger charge is 2.20. The number of rotatable bonds is 8. The second-order valence-electron chi connectivity index (χ2n) is 7.51. The Hall–Kier alpha value is -1.31. The van der Waals surface area contributed by atoms with E-state index in [2.05, 4.69) is 32.9 Å². The number of nitrogens with zero attached hydrogens (tertiary/aromatic N) is 1. The van der Waals surface area contributed by atoms with E-state index in [4.69, 9.17) is 4.99 Å². The largest absolute Gasteiger partial charge is 0.507 e. The molecule has 0 spiro atoms. The topological polar surface area (TPSA) is 32.6 Å². The molecule has 2 heteroatoms. The molecular weight excluding hydrogens is 294 g/mol. The van der Waals surface area contributed by atoms with Crippen molar-refractivity contribution in [2.24, 2.45) is 10.9 Å². The third kappa shape index (κ3) is 5.36. The molecule has 1 aromatic carbocycles. The number of benzene rings is 1. The van der Waals surface area contributed by atoms with Gasteiger partial charge in [-0.25, -0.2) is 0 Å². The molecular formula is C22H35NO. The highest BCUT2D eigenvalue weighted by Crippen LogP contribution is 2.29. The van der Waals surface area contributed by atoms with Crippen LogP contribution in [0.15, 0.2) is 17.1 Å². The lowest BCUT2D eigenvalue weighted by molar-refractivity contribution is 0.333. The van der Waals surface area contributed by atoms with Crippen molar-refractivity contribution in [1.82, 2.24) is 0 Å². The predicted molar refractivity (Wildman–Crippen MR) is 104 cm³/mol. The van der Waals surface area contributed by atoms with E-state index < -0.39 is 0 Å². The molecule has 1 aliphatic rings. The Kier molecular flexibility index (Phi) is 7.81. The minimum atomic E-state index is 0.427. The van der Waals surface area contributed by atoms with E-state index in [1.807, 2.05) is 6.21 Å². The lowest BCUT2D eigenvalue weighted by Gasteiger charge is -2.25. The molecule has 0 saturated heterocycles. The van der Waals surface area contributed by atoms with Gasteiger partial charge in [0.1, 0.15) is 5.75 Å². The molecule has 1 aliphatic carbocycles. The summed E-state index contributed by atoms with van der Waals surface area (Å²) in [5, 5.41) is 10.7. The highest BCUT2D eigenvalue weighted by atomic mass is 16.3. The van der Waals surface area contributed by atoms with E-state index in [0.29, 0.717) is 17.7 Å². The minimum absolute atomic E-state index is 0.427. The van der Waals surface area contributed by atoms with Gasteiger partial charge in [-0.1, -0.05) is 52.5 Å². The molecule has 2 rings (SSSR count). The average Bonchev–Trinajstić information content (AvgIpc) is 2.59. The molecule has 0 aromatic heterocycles. The first-order valence-electron chi connectivity index (χ1n) is 10.0. The summed E-state index contributed by atoms with van der Waals surface area (Å²) >= 11 is 0. The van der Waals surface area contributed by atoms with Crippen LogP contribution in [0.2, 0.25) is 0 Å². The smallest absolute Gasteiger partial charge is 0.127 e. The second-order valence-corrected chi connectivity index (χ2v) is 7.51. The fourth-order valence-electron chi connectivity index (χ4n) is 3.66. The van der Waals surface area contributed by atoms with Gasteiger partial charge in [-0.3, -0.25) is 4.99 Å². The van der Waals surface area contributed by atoms with E-state index >= 15 is 0 Å². The first-order chi connectivity index (χ1) is 11.7. The molecule has 1 fully saturated rings. The van der Waals surface area contributed by atoms with Gasteiger partial charge in [0.2, 0.25) is 0 Å². The Labute approximate surface area is 148 Å². The summed E-state index contributed by atoms with van der Waals surface area (Å²) in [6.07, 6.45) is 13.8. The summed E-state index contributed by atoms with van der Waals surface area (Å²) in [7, 11) is 0. The standard InChI is InChI=1S/C22H35NO/c1-4-6-11-18-14-19(12-7-5-2)22(24)20(15-18)16-23-21-13-9-8-10-17(21)3/h14-17,21,24H,4-13H2,1-3H3. The molecule has 0 radical (unpaired) electrons. The Bertz CT molecular complexity index is 535. The van der Waals surface area contributed by atoms with E-state index in [9.17, 15) is 5.11 Å². The molecule has 134 valence electrons. The van der Waals surface area contributed by atoms with Crippen molar-refractivity contribution in [3.8, 4) is 5.75 Å². The van der Waals surface area contributed by atoms with Gasteiger partial charge in [-0.05, 0) is 61.6 Å². The van der Waals surface area contributed by atoms with Crippen LogP contribution in [-0.2, 0) is 12.8 Å². The maximum atomic E-state index is 10.7. The summed E-state index contributed by atoms with van der Waals surface area (Å²) < 4.78 is 0. The van der Waals surface area contributed by atoms with Crippen molar-refractivity contribution in [2.75, 3.05) is 0 Å². The zero-order chi connectivity index (χ0) is 17.4. The quantitative estimate of drug-likeness (QED) is 0.576. The molecule has 2 nitrogen and oxygen atoms in total. The highest BCUT2D eigenvalue weighted by molar-refractivity contribution is 5.84. The third-order valence-corrected chi connectivity index (χ3v) is 5.37. The summed E-state index contributed by atoms with van der Waals surface area (Å²) in [5.41, 5.74) is 3.37. The zero-order valence-electron chi connectivity index (χ0n) is 15.9. The van der Waals surface area contributed by atoms with Crippen LogP contribution < -0.4 is 0 Å². The number of aromatic hydroxyl groups is 1. The van der Waals surface area contributed by atoms with Crippen molar-refractivity contribution in [3.63, 3.8) is 0 Å². The molecule has 1 aromatic rings. The van der Waals surface area contributed by atoms with Gasteiger partial charge < -0.3 is 5.11 Å². The van der Waals surface area contributed by atoms with Crippen LogP contribution in [0.5, 0.6) is 5.75 Å². The number of phenolic OH excluding ortho intramolecular Hbond substituents is 1. The molecule has 2 unspecified atom stereocenters. The van der Waals surface area contributed by atoms with Crippen LogP contribution >= 0.6 is 0 Å². The van der Waals surface area contributed by atoms with Crippen molar-refractivity contribution in [1.29, 1.82) is 0 Å². The van der Waals surface area contributed by atoms with E-state index in [-0.39, 0.29) is 0 Å². The molecule has 0 heterocycles. The van der Waals surface area contributed by atoms with Crippen molar-refractivity contribution >= 4 is 6.21 Å². The van der Waals surface area contributed by atoms with Gasteiger partial charge in [0.05, 0.1) is 6.04 Å². The lowest BCUT2D eigenvalue weighted by Crippen LogP contribution is -2.20. The maximum Gasteiger partial charge on any atom is 0.127 e. The average molecular weight is 330 g/mol. The van der Waals surface area contributed by atoms with E-state index in [0.717, 1.165) is 36.8 Å². The fraction of sp³-hybridized carbons (Fsp3) is 0.682. The van der Waals surface area contributed by atoms with Gasteiger partial charge in [-0.15, -0.1) is 0 Å². The molecule has 2 atom stereocenters. The van der Waals surface area contributed by atoms with Gasteiger partial charge >= 0.3 is 0 Å². The lowest BCUT2D eigenvalue weighted by atomic mass is 9.86. The number of unbranched alkanes of at least 4 members (excludes halogenated alkanes) is 2. The Morgan fingerprint density at radius 3 is 2.50 bits per heavy atom. The molecule has 0 aliphatic heterocycles. The predicted octanol–water partition coefficient (Wildman–Crippen LogP) is 6.08. The van der Waals surface area contributed by atoms with Gasteiger partial charge in [0.15, 0.2) is 0 Å². The van der Waals surface area contributed by atoms with Crippen LogP contribution in [0.3, 0.4) is 0 Å². The van der Waals surface area contributed by atoms with Crippen molar-refractivity contribution in [3.05, 3.63) is 28.8 Å². The Balaban J connectivity index is 2.21. The van der Waals surface area contributed by atoms with Crippen LogP contribution in [0, 0.1) is 5.92 Å². The first-order valence-corrected chi connectivity index (χ1v) is 10.0. The summed E-state index contributed by atoms with van der Waals surface area (Å²) in [6.45, 7) is 6.74. The maximum absolute atomic E-state index is 10.7. The summed E-state index contributed by atoms with van der Waals surface area (Å²) in [4.78, 5) is 4.85. The van der Waals surface area contributed by atoms with Crippen molar-refractivity contribution < 1.29 is 5.11 Å². The van der Waals surface area contributed by atoms with E-state index in [1.54, 1.807) is 0 Å². The Morgan fingerprint density at radius 1 is 1.08 bits per heavy atom. The van der Waals surface area contributed by atoms with Gasteiger partial charge in [0.25, 0.3) is 0 Å². The number of hydrogen-bond donors (Lipinski definition) is 1. The number of hydrogen-bond acceptors (Lipinski definition) is 2. The Morgan fingerprint density at radius 2 is 1.79 bits per heavy atom. The van der Waals surface area contributed by atoms with Crippen LogP contribution in [0.1, 0.15) is 88.8 Å².